The molecule has 2 rings (SSSR count). The van der Waals surface area contributed by atoms with Gasteiger partial charge in [-0.1, -0.05) is 0 Å². The first-order valence-corrected chi connectivity index (χ1v) is 6.00. The van der Waals surface area contributed by atoms with Gasteiger partial charge in [0.25, 0.3) is 0 Å². The third-order valence-corrected chi connectivity index (χ3v) is 3.38. The fourth-order valence-electron chi connectivity index (χ4n) is 1.72. The number of nitrogens with one attached hydrogen (secondary N) is 1. The van der Waals surface area contributed by atoms with Gasteiger partial charge in [0.2, 0.25) is 0 Å². The summed E-state index contributed by atoms with van der Waals surface area (Å²) in [6.07, 6.45) is 4.72. The molecule has 1 aliphatic rings. The molecular formula is C10H17ClN2OS. The van der Waals surface area contributed by atoms with E-state index in [0.29, 0.717) is 6.10 Å². The minimum atomic E-state index is 0. The molecule has 0 aliphatic carbocycles. The van der Waals surface area contributed by atoms with E-state index < -0.39 is 0 Å². The minimum Gasteiger partial charge on any atom is -0.367 e. The van der Waals surface area contributed by atoms with Crippen LogP contribution in [-0.2, 0) is 4.74 Å². The largest absolute Gasteiger partial charge is 0.367 e. The molecule has 0 bridgehead atoms. The van der Waals surface area contributed by atoms with E-state index in [9.17, 15) is 0 Å². The highest BCUT2D eigenvalue weighted by Gasteiger charge is 2.18. The lowest BCUT2D eigenvalue weighted by Crippen LogP contribution is -2.35. The Morgan fingerprint density at radius 1 is 1.67 bits per heavy atom. The lowest BCUT2D eigenvalue weighted by atomic mass is 10.1. The zero-order valence-electron chi connectivity index (χ0n) is 8.81. The van der Waals surface area contributed by atoms with Gasteiger partial charge < -0.3 is 10.1 Å². The smallest absolute Gasteiger partial charge is 0.121 e. The van der Waals surface area contributed by atoms with Crippen molar-refractivity contribution in [2.75, 3.05) is 13.1 Å². The molecule has 86 valence electrons. The molecular weight excluding hydrogens is 232 g/mol. The summed E-state index contributed by atoms with van der Waals surface area (Å²) >= 11 is 1.66. The number of hydrogen-bond donors (Lipinski definition) is 1. The number of rotatable bonds is 3. The van der Waals surface area contributed by atoms with Gasteiger partial charge in [-0.2, -0.15) is 0 Å². The van der Waals surface area contributed by atoms with Crippen LogP contribution < -0.4 is 5.32 Å². The topological polar surface area (TPSA) is 34.1 Å². The zero-order valence-corrected chi connectivity index (χ0v) is 10.4. The molecule has 0 radical (unpaired) electrons. The molecule has 0 aromatic carbocycles. The van der Waals surface area contributed by atoms with Crippen LogP contribution in [-0.4, -0.2) is 24.2 Å². The van der Waals surface area contributed by atoms with Gasteiger partial charge in [0.1, 0.15) is 11.1 Å². The van der Waals surface area contributed by atoms with E-state index in [2.05, 4.69) is 17.2 Å². The van der Waals surface area contributed by atoms with E-state index >= 15 is 0 Å². The number of aromatic nitrogens is 1. The molecule has 1 aromatic rings. The Balaban J connectivity index is 0.00000112. The maximum atomic E-state index is 5.92. The first kappa shape index (κ1) is 12.9. The van der Waals surface area contributed by atoms with Gasteiger partial charge in [-0.25, -0.2) is 4.98 Å². The van der Waals surface area contributed by atoms with Crippen molar-refractivity contribution in [1.82, 2.24) is 10.3 Å². The second kappa shape index (κ2) is 6.43. The average molecular weight is 249 g/mol. The van der Waals surface area contributed by atoms with Crippen LogP contribution in [0.5, 0.6) is 0 Å². The van der Waals surface area contributed by atoms with Crippen molar-refractivity contribution in [3.05, 3.63) is 16.6 Å². The summed E-state index contributed by atoms with van der Waals surface area (Å²) in [7, 11) is 0. The third-order valence-electron chi connectivity index (χ3n) is 2.45. The highest BCUT2D eigenvalue weighted by atomic mass is 35.5. The number of hydrogen-bond acceptors (Lipinski definition) is 4. The van der Waals surface area contributed by atoms with Gasteiger partial charge in [-0.15, -0.1) is 23.7 Å². The Hall–Kier alpha value is -0.160. The first-order valence-electron chi connectivity index (χ1n) is 5.12. The standard InChI is InChI=1S/C10H16N2OS.ClH/c1-8(10-12-5-6-14-10)13-9-3-2-4-11-7-9;/h5-6,8-9,11H,2-4,7H2,1H3;1H/t8?,9-;/m0./s1. The predicted molar refractivity (Wildman–Crippen MR) is 64.8 cm³/mol. The lowest BCUT2D eigenvalue weighted by Gasteiger charge is -2.25. The van der Waals surface area contributed by atoms with Crippen LogP contribution in [0, 0.1) is 0 Å². The van der Waals surface area contributed by atoms with Gasteiger partial charge in [-0.05, 0) is 26.3 Å². The molecule has 1 N–H and O–H groups in total. The van der Waals surface area contributed by atoms with Crippen LogP contribution in [0.4, 0.5) is 0 Å². The second-order valence-electron chi connectivity index (χ2n) is 3.62. The predicted octanol–water partition coefficient (Wildman–Crippen LogP) is 2.39. The van der Waals surface area contributed by atoms with E-state index in [1.54, 1.807) is 11.3 Å². The minimum absolute atomic E-state index is 0. The Bertz CT molecular complexity index is 262. The van der Waals surface area contributed by atoms with Gasteiger partial charge in [0.15, 0.2) is 0 Å². The number of halogens is 1. The van der Waals surface area contributed by atoms with Crippen LogP contribution in [0.25, 0.3) is 0 Å². The normalized spacial score (nSPS) is 23.1. The SMILES string of the molecule is CC(O[C@H]1CCCNC1)c1nccs1.Cl. The zero-order chi connectivity index (χ0) is 9.80. The van der Waals surface area contributed by atoms with Crippen LogP contribution >= 0.6 is 23.7 Å². The third kappa shape index (κ3) is 3.72. The molecule has 1 saturated heterocycles. The summed E-state index contributed by atoms with van der Waals surface area (Å²) in [6.45, 7) is 4.19. The maximum absolute atomic E-state index is 5.92. The molecule has 3 nitrogen and oxygen atoms in total. The first-order chi connectivity index (χ1) is 6.86. The van der Waals surface area contributed by atoms with Crippen molar-refractivity contribution in [2.45, 2.75) is 32.0 Å². The van der Waals surface area contributed by atoms with Crippen molar-refractivity contribution in [2.24, 2.45) is 0 Å². The van der Waals surface area contributed by atoms with E-state index in [0.717, 1.165) is 18.1 Å². The van der Waals surface area contributed by atoms with Crippen molar-refractivity contribution in [3.8, 4) is 0 Å². The summed E-state index contributed by atoms with van der Waals surface area (Å²) < 4.78 is 5.92. The number of thiazole rings is 1. The highest BCUT2D eigenvalue weighted by molar-refractivity contribution is 7.09. The second-order valence-corrected chi connectivity index (χ2v) is 4.54. The van der Waals surface area contributed by atoms with Crippen LogP contribution in [0.2, 0.25) is 0 Å². The number of piperidine rings is 1. The van der Waals surface area contributed by atoms with Crippen LogP contribution in [0.1, 0.15) is 30.9 Å². The molecule has 1 fully saturated rings. The van der Waals surface area contributed by atoms with Crippen molar-refractivity contribution >= 4 is 23.7 Å². The molecule has 2 atom stereocenters. The van der Waals surface area contributed by atoms with Crippen molar-refractivity contribution < 1.29 is 4.74 Å². The molecule has 5 heteroatoms. The van der Waals surface area contributed by atoms with E-state index in [-0.39, 0.29) is 18.5 Å². The molecule has 0 saturated carbocycles. The molecule has 1 unspecified atom stereocenters. The summed E-state index contributed by atoms with van der Waals surface area (Å²) in [5.74, 6) is 0. The summed E-state index contributed by atoms with van der Waals surface area (Å²) in [6, 6.07) is 0. The van der Waals surface area contributed by atoms with E-state index in [4.69, 9.17) is 4.74 Å². The molecule has 15 heavy (non-hydrogen) atoms. The number of ether oxygens (including phenoxy) is 1. The van der Waals surface area contributed by atoms with Gasteiger partial charge >= 0.3 is 0 Å². The molecule has 0 amide bonds. The van der Waals surface area contributed by atoms with Crippen molar-refractivity contribution in [3.63, 3.8) is 0 Å². The molecule has 1 aromatic heterocycles. The highest BCUT2D eigenvalue weighted by Crippen LogP contribution is 2.22. The Labute approximate surface area is 101 Å². The number of nitrogens with zero attached hydrogens (tertiary/aromatic N) is 1. The van der Waals surface area contributed by atoms with Gasteiger partial charge in [0.05, 0.1) is 6.10 Å². The van der Waals surface area contributed by atoms with E-state index in [1.165, 1.54) is 12.8 Å². The molecule has 2 heterocycles. The average Bonchev–Trinajstić information content (AvgIpc) is 2.72. The molecule has 1 aliphatic heterocycles. The maximum Gasteiger partial charge on any atom is 0.121 e. The van der Waals surface area contributed by atoms with Crippen LogP contribution in [0.3, 0.4) is 0 Å². The lowest BCUT2D eigenvalue weighted by molar-refractivity contribution is -0.0150. The van der Waals surface area contributed by atoms with Gasteiger partial charge in [0, 0.05) is 18.1 Å². The Kier molecular flexibility index (Phi) is 5.53. The quantitative estimate of drug-likeness (QED) is 0.892. The summed E-state index contributed by atoms with van der Waals surface area (Å²) in [5, 5.41) is 6.42. The summed E-state index contributed by atoms with van der Waals surface area (Å²) in [5.41, 5.74) is 0. The van der Waals surface area contributed by atoms with E-state index in [1.807, 2.05) is 11.6 Å². The van der Waals surface area contributed by atoms with Gasteiger partial charge in [-0.3, -0.25) is 0 Å². The van der Waals surface area contributed by atoms with Crippen LogP contribution in [0.15, 0.2) is 11.6 Å². The molecule has 0 spiro atoms. The fraction of sp³-hybridized carbons (Fsp3) is 0.700. The van der Waals surface area contributed by atoms with Crippen molar-refractivity contribution in [1.29, 1.82) is 0 Å². The fourth-order valence-corrected chi connectivity index (χ4v) is 2.35. The summed E-state index contributed by atoms with van der Waals surface area (Å²) in [4.78, 5) is 4.25. The Morgan fingerprint density at radius 2 is 2.53 bits per heavy atom. The monoisotopic (exact) mass is 248 g/mol. The Morgan fingerprint density at radius 3 is 3.13 bits per heavy atom.